The monoisotopic (exact) mass is 294 g/mol. The predicted molar refractivity (Wildman–Crippen MR) is 85.9 cm³/mol. The zero-order valence-electron chi connectivity index (χ0n) is 12.7. The van der Waals surface area contributed by atoms with Crippen molar-refractivity contribution in [3.05, 3.63) is 59.7 Å². The Morgan fingerprint density at radius 1 is 1.23 bits per heavy atom. The third kappa shape index (κ3) is 4.35. The molecule has 0 bridgehead atoms. The van der Waals surface area contributed by atoms with E-state index in [9.17, 15) is 4.79 Å². The van der Waals surface area contributed by atoms with Crippen molar-refractivity contribution in [1.82, 2.24) is 0 Å². The molecule has 0 radical (unpaired) electrons. The van der Waals surface area contributed by atoms with E-state index >= 15 is 0 Å². The van der Waals surface area contributed by atoms with Crippen LogP contribution in [-0.2, 0) is 0 Å². The fourth-order valence-electron chi connectivity index (χ4n) is 1.82. The van der Waals surface area contributed by atoms with Gasteiger partial charge >= 0.3 is 0 Å². The van der Waals surface area contributed by atoms with Crippen LogP contribution in [0.15, 0.2) is 48.5 Å². The summed E-state index contributed by atoms with van der Waals surface area (Å²) in [5.41, 5.74) is 1.74. The van der Waals surface area contributed by atoms with Crippen molar-refractivity contribution in [2.45, 2.75) is 13.8 Å². The molecule has 0 aliphatic carbocycles. The number of rotatable bonds is 5. The van der Waals surface area contributed by atoms with Crippen molar-refractivity contribution in [3.63, 3.8) is 0 Å². The fraction of sp³-hybridized carbons (Fsp3) is 0.222. The van der Waals surface area contributed by atoms with Crippen LogP contribution in [0, 0.1) is 17.2 Å². The number of nitrogens with zero attached hydrogens (tertiary/aromatic N) is 1. The third-order valence-electron chi connectivity index (χ3n) is 2.95. The first kappa shape index (κ1) is 15.6. The largest absolute Gasteiger partial charge is 0.493 e. The first-order chi connectivity index (χ1) is 10.6. The maximum Gasteiger partial charge on any atom is 0.255 e. The molecule has 1 N–H and O–H groups in total. The van der Waals surface area contributed by atoms with Gasteiger partial charge in [-0.15, -0.1) is 0 Å². The van der Waals surface area contributed by atoms with Crippen LogP contribution in [0.2, 0.25) is 0 Å². The number of ether oxygens (including phenoxy) is 1. The maximum absolute atomic E-state index is 12.2. The Hall–Kier alpha value is -2.80. The van der Waals surface area contributed by atoms with Gasteiger partial charge in [0.05, 0.1) is 18.2 Å². The standard InChI is InChI=1S/C18H18N2O2/c1-13(2)12-22-17-5-3-4-15(10-17)18(21)20-16-8-6-14(11-19)7-9-16/h3-10,13H,12H2,1-2H3,(H,20,21). The van der Waals surface area contributed by atoms with Gasteiger partial charge in [0.25, 0.3) is 5.91 Å². The van der Waals surface area contributed by atoms with Gasteiger partial charge in [0, 0.05) is 11.3 Å². The second-order valence-corrected chi connectivity index (χ2v) is 5.38. The van der Waals surface area contributed by atoms with E-state index in [1.165, 1.54) is 0 Å². The van der Waals surface area contributed by atoms with Crippen LogP contribution < -0.4 is 10.1 Å². The van der Waals surface area contributed by atoms with Gasteiger partial charge in [-0.1, -0.05) is 19.9 Å². The number of nitrogens with one attached hydrogen (secondary N) is 1. The lowest BCUT2D eigenvalue weighted by atomic mass is 10.2. The lowest BCUT2D eigenvalue weighted by Crippen LogP contribution is -2.12. The highest BCUT2D eigenvalue weighted by molar-refractivity contribution is 6.04. The number of anilines is 1. The van der Waals surface area contributed by atoms with Crippen LogP contribution in [0.5, 0.6) is 5.75 Å². The van der Waals surface area contributed by atoms with Gasteiger partial charge in [0.1, 0.15) is 5.75 Å². The molecular weight excluding hydrogens is 276 g/mol. The average molecular weight is 294 g/mol. The van der Waals surface area contributed by atoms with Gasteiger partial charge in [0.15, 0.2) is 0 Å². The minimum absolute atomic E-state index is 0.209. The van der Waals surface area contributed by atoms with Gasteiger partial charge in [0.2, 0.25) is 0 Å². The zero-order chi connectivity index (χ0) is 15.9. The number of benzene rings is 2. The summed E-state index contributed by atoms with van der Waals surface area (Å²) in [4.78, 5) is 12.2. The van der Waals surface area contributed by atoms with Crippen molar-refractivity contribution in [1.29, 1.82) is 5.26 Å². The van der Waals surface area contributed by atoms with Crippen LogP contribution in [0.1, 0.15) is 29.8 Å². The van der Waals surface area contributed by atoms with Gasteiger partial charge in [-0.3, -0.25) is 4.79 Å². The normalized spacial score (nSPS) is 10.1. The lowest BCUT2D eigenvalue weighted by molar-refractivity contribution is 0.102. The fourth-order valence-corrected chi connectivity index (χ4v) is 1.82. The van der Waals surface area contributed by atoms with Gasteiger partial charge in [-0.25, -0.2) is 0 Å². The Morgan fingerprint density at radius 2 is 1.95 bits per heavy atom. The lowest BCUT2D eigenvalue weighted by Gasteiger charge is -2.10. The molecule has 2 aromatic rings. The Labute approximate surface area is 130 Å². The van der Waals surface area contributed by atoms with E-state index in [-0.39, 0.29) is 5.91 Å². The van der Waals surface area contributed by atoms with E-state index in [4.69, 9.17) is 10.00 Å². The van der Waals surface area contributed by atoms with E-state index in [0.717, 1.165) is 0 Å². The summed E-state index contributed by atoms with van der Waals surface area (Å²) in [5.74, 6) is 0.900. The second kappa shape index (κ2) is 7.28. The van der Waals surface area contributed by atoms with Crippen molar-refractivity contribution < 1.29 is 9.53 Å². The minimum atomic E-state index is -0.209. The molecule has 0 heterocycles. The molecule has 0 unspecified atom stereocenters. The number of carbonyl (C=O) groups is 1. The molecule has 4 nitrogen and oxygen atoms in total. The van der Waals surface area contributed by atoms with E-state index < -0.39 is 0 Å². The molecule has 1 amide bonds. The van der Waals surface area contributed by atoms with Crippen LogP contribution in [-0.4, -0.2) is 12.5 Å². The van der Waals surface area contributed by atoms with Gasteiger partial charge < -0.3 is 10.1 Å². The molecular formula is C18H18N2O2. The number of carbonyl (C=O) groups excluding carboxylic acids is 1. The molecule has 0 saturated carbocycles. The Morgan fingerprint density at radius 3 is 2.59 bits per heavy atom. The molecule has 0 atom stereocenters. The molecule has 0 spiro atoms. The molecule has 2 rings (SSSR count). The van der Waals surface area contributed by atoms with Crippen LogP contribution in [0.3, 0.4) is 0 Å². The van der Waals surface area contributed by atoms with Crippen LogP contribution in [0.25, 0.3) is 0 Å². The summed E-state index contributed by atoms with van der Waals surface area (Å²) in [6.45, 7) is 4.75. The second-order valence-electron chi connectivity index (χ2n) is 5.38. The number of amides is 1. The third-order valence-corrected chi connectivity index (χ3v) is 2.95. The van der Waals surface area contributed by atoms with Crippen molar-refractivity contribution in [2.75, 3.05) is 11.9 Å². The van der Waals surface area contributed by atoms with Gasteiger partial charge in [-0.2, -0.15) is 5.26 Å². The first-order valence-corrected chi connectivity index (χ1v) is 7.13. The molecule has 22 heavy (non-hydrogen) atoms. The SMILES string of the molecule is CC(C)COc1cccc(C(=O)Nc2ccc(C#N)cc2)c1. The quantitative estimate of drug-likeness (QED) is 0.911. The molecule has 0 aromatic heterocycles. The molecule has 4 heteroatoms. The molecule has 112 valence electrons. The molecule has 0 fully saturated rings. The molecule has 0 aliphatic rings. The summed E-state index contributed by atoms with van der Waals surface area (Å²) in [7, 11) is 0. The molecule has 0 saturated heterocycles. The van der Waals surface area contributed by atoms with E-state index in [1.807, 2.05) is 12.1 Å². The number of hydrogen-bond acceptors (Lipinski definition) is 3. The topological polar surface area (TPSA) is 62.1 Å². The summed E-state index contributed by atoms with van der Waals surface area (Å²) in [5, 5.41) is 11.6. The van der Waals surface area contributed by atoms with Crippen LogP contribution in [0.4, 0.5) is 5.69 Å². The summed E-state index contributed by atoms with van der Waals surface area (Å²) < 4.78 is 5.62. The summed E-state index contributed by atoms with van der Waals surface area (Å²) in [6, 6.07) is 15.9. The minimum Gasteiger partial charge on any atom is -0.493 e. The zero-order valence-corrected chi connectivity index (χ0v) is 12.7. The Bertz CT molecular complexity index is 685. The summed E-state index contributed by atoms with van der Waals surface area (Å²) >= 11 is 0. The predicted octanol–water partition coefficient (Wildman–Crippen LogP) is 3.85. The van der Waals surface area contributed by atoms with Gasteiger partial charge in [-0.05, 0) is 48.4 Å². The Kier molecular flexibility index (Phi) is 5.16. The highest BCUT2D eigenvalue weighted by Gasteiger charge is 2.08. The maximum atomic E-state index is 12.2. The average Bonchev–Trinajstić information content (AvgIpc) is 2.54. The molecule has 2 aromatic carbocycles. The smallest absolute Gasteiger partial charge is 0.255 e. The van der Waals surface area contributed by atoms with E-state index in [2.05, 4.69) is 19.2 Å². The highest BCUT2D eigenvalue weighted by atomic mass is 16.5. The molecule has 0 aliphatic heterocycles. The number of hydrogen-bond donors (Lipinski definition) is 1. The van der Waals surface area contributed by atoms with E-state index in [0.29, 0.717) is 35.1 Å². The van der Waals surface area contributed by atoms with Crippen molar-refractivity contribution in [3.8, 4) is 11.8 Å². The number of nitriles is 1. The Balaban J connectivity index is 2.05. The highest BCUT2D eigenvalue weighted by Crippen LogP contribution is 2.16. The van der Waals surface area contributed by atoms with Crippen molar-refractivity contribution >= 4 is 11.6 Å². The van der Waals surface area contributed by atoms with Crippen molar-refractivity contribution in [2.24, 2.45) is 5.92 Å². The summed E-state index contributed by atoms with van der Waals surface area (Å²) in [6.07, 6.45) is 0. The van der Waals surface area contributed by atoms with E-state index in [1.54, 1.807) is 42.5 Å². The first-order valence-electron chi connectivity index (χ1n) is 7.13. The van der Waals surface area contributed by atoms with Crippen LogP contribution >= 0.6 is 0 Å².